The van der Waals surface area contributed by atoms with Crippen molar-refractivity contribution in [2.75, 3.05) is 0 Å². The quantitative estimate of drug-likeness (QED) is 0.393. The van der Waals surface area contributed by atoms with Gasteiger partial charge >= 0.3 is 0 Å². The second-order valence-corrected chi connectivity index (χ2v) is 7.21. The van der Waals surface area contributed by atoms with Gasteiger partial charge in [0.25, 0.3) is 0 Å². The maximum absolute atomic E-state index is 9.90. The molecule has 0 atom stereocenters. The monoisotopic (exact) mass is 369 g/mol. The van der Waals surface area contributed by atoms with Crippen molar-refractivity contribution in [1.29, 1.82) is 0 Å². The van der Waals surface area contributed by atoms with Gasteiger partial charge in [0.15, 0.2) is 0 Å². The van der Waals surface area contributed by atoms with E-state index in [2.05, 4.69) is 36.4 Å². The van der Waals surface area contributed by atoms with Gasteiger partial charge in [-0.25, -0.2) is 4.98 Å². The van der Waals surface area contributed by atoms with E-state index in [0.29, 0.717) is 5.02 Å². The summed E-state index contributed by atoms with van der Waals surface area (Å²) in [7, 11) is 0. The molecule has 1 aromatic heterocycles. The molecule has 0 aliphatic heterocycles. The summed E-state index contributed by atoms with van der Waals surface area (Å²) in [6, 6.07) is 25.7. The fourth-order valence-electron chi connectivity index (χ4n) is 3.80. The van der Waals surface area contributed by atoms with E-state index in [4.69, 9.17) is 16.6 Å². The largest absolute Gasteiger partial charge is 0.508 e. The molecule has 0 saturated heterocycles. The lowest BCUT2D eigenvalue weighted by atomic mass is 9.96. The molecule has 0 saturated carbocycles. The summed E-state index contributed by atoms with van der Waals surface area (Å²) < 4.78 is 0. The lowest BCUT2D eigenvalue weighted by Gasteiger charge is -2.13. The first-order chi connectivity index (χ1) is 13.2. The third kappa shape index (κ3) is 2.79. The minimum absolute atomic E-state index is 0.236. The van der Waals surface area contributed by atoms with E-state index in [1.807, 2.05) is 30.3 Å². The van der Waals surface area contributed by atoms with Gasteiger partial charge in [-0.05, 0) is 52.6 Å². The number of hydrogen-bond acceptors (Lipinski definition) is 2. The summed E-state index contributed by atoms with van der Waals surface area (Å²) in [4.78, 5) is 4.97. The number of rotatable bonds is 2. The molecule has 4 aromatic rings. The highest BCUT2D eigenvalue weighted by molar-refractivity contribution is 6.30. The van der Waals surface area contributed by atoms with E-state index in [-0.39, 0.29) is 5.75 Å². The number of nitrogens with zero attached hydrogens (tertiary/aromatic N) is 1. The van der Waals surface area contributed by atoms with Gasteiger partial charge in [-0.2, -0.15) is 0 Å². The van der Waals surface area contributed by atoms with Crippen molar-refractivity contribution in [1.82, 2.24) is 4.98 Å². The highest BCUT2D eigenvalue weighted by Gasteiger charge is 2.24. The molecule has 1 N–H and O–H groups in total. The molecule has 2 nitrogen and oxygen atoms in total. The van der Waals surface area contributed by atoms with Crippen molar-refractivity contribution in [2.24, 2.45) is 0 Å². The summed E-state index contributed by atoms with van der Waals surface area (Å²) in [6.07, 6.45) is 0.862. The van der Waals surface area contributed by atoms with Gasteiger partial charge in [0, 0.05) is 22.6 Å². The predicted octanol–water partition coefficient (Wildman–Crippen LogP) is 6.35. The maximum atomic E-state index is 9.90. The van der Waals surface area contributed by atoms with Crippen LogP contribution >= 0.6 is 11.6 Å². The van der Waals surface area contributed by atoms with E-state index in [0.717, 1.165) is 34.5 Å². The van der Waals surface area contributed by atoms with E-state index < -0.39 is 0 Å². The fourth-order valence-corrected chi connectivity index (χ4v) is 3.99. The number of pyridine rings is 1. The molecule has 1 aliphatic rings. The van der Waals surface area contributed by atoms with Crippen LogP contribution in [0.25, 0.3) is 33.6 Å². The van der Waals surface area contributed by atoms with E-state index in [9.17, 15) is 5.11 Å². The Labute approximate surface area is 162 Å². The Morgan fingerprint density at radius 2 is 1.59 bits per heavy atom. The second kappa shape index (κ2) is 6.26. The molecule has 0 amide bonds. The Kier molecular flexibility index (Phi) is 3.73. The Hall–Kier alpha value is -3.10. The summed E-state index contributed by atoms with van der Waals surface area (Å²) in [6.45, 7) is 0. The summed E-state index contributed by atoms with van der Waals surface area (Å²) in [5.74, 6) is 0.236. The maximum Gasteiger partial charge on any atom is 0.116 e. The van der Waals surface area contributed by atoms with Crippen LogP contribution in [0.4, 0.5) is 0 Å². The number of aromatic hydroxyl groups is 1. The number of halogens is 1. The third-order valence-corrected chi connectivity index (χ3v) is 5.28. The Morgan fingerprint density at radius 1 is 0.778 bits per heavy atom. The Balaban J connectivity index is 1.79. The molecule has 0 bridgehead atoms. The summed E-state index contributed by atoms with van der Waals surface area (Å²) >= 11 is 6.26. The van der Waals surface area contributed by atoms with Crippen LogP contribution in [0.3, 0.4) is 0 Å². The average Bonchev–Trinajstić information content (AvgIpc) is 3.06. The zero-order valence-corrected chi connectivity index (χ0v) is 15.2. The second-order valence-electron chi connectivity index (χ2n) is 6.78. The third-order valence-electron chi connectivity index (χ3n) is 5.04. The van der Waals surface area contributed by atoms with Crippen LogP contribution in [-0.2, 0) is 6.42 Å². The van der Waals surface area contributed by atoms with Crippen molar-refractivity contribution in [3.8, 4) is 39.4 Å². The fraction of sp³-hybridized carbons (Fsp3) is 0.0417. The number of aromatic nitrogens is 1. The standard InChI is InChI=1S/C24H16ClNO/c25-18-8-3-6-15(11-18)21-14-23(17-7-4-9-19(27)12-17)26-24-20-10-2-1-5-16(20)13-22(21)24/h1-12,14,27H,13H2. The SMILES string of the molecule is Oc1cccc(-c2cc(-c3cccc(Cl)c3)c3c(n2)-c2ccccc2C3)c1. The first kappa shape index (κ1) is 16.1. The lowest BCUT2D eigenvalue weighted by molar-refractivity contribution is 0.475. The molecule has 0 radical (unpaired) electrons. The Morgan fingerprint density at radius 3 is 2.44 bits per heavy atom. The molecule has 130 valence electrons. The van der Waals surface area contributed by atoms with Crippen LogP contribution in [0.15, 0.2) is 78.9 Å². The smallest absolute Gasteiger partial charge is 0.116 e. The number of fused-ring (bicyclic) bond motifs is 3. The van der Waals surface area contributed by atoms with Gasteiger partial charge in [-0.3, -0.25) is 0 Å². The topological polar surface area (TPSA) is 33.1 Å². The van der Waals surface area contributed by atoms with Crippen molar-refractivity contribution < 1.29 is 5.11 Å². The van der Waals surface area contributed by atoms with Crippen LogP contribution in [-0.4, -0.2) is 10.1 Å². The zero-order valence-electron chi connectivity index (χ0n) is 14.5. The van der Waals surface area contributed by atoms with Crippen molar-refractivity contribution in [2.45, 2.75) is 6.42 Å². The summed E-state index contributed by atoms with van der Waals surface area (Å²) in [5.41, 5.74) is 8.66. The molecule has 3 heteroatoms. The van der Waals surface area contributed by atoms with Crippen molar-refractivity contribution in [3.05, 3.63) is 95.0 Å². The van der Waals surface area contributed by atoms with E-state index in [1.165, 1.54) is 16.7 Å². The molecule has 27 heavy (non-hydrogen) atoms. The van der Waals surface area contributed by atoms with Crippen LogP contribution in [0.1, 0.15) is 11.1 Å². The van der Waals surface area contributed by atoms with Crippen LogP contribution in [0, 0.1) is 0 Å². The highest BCUT2D eigenvalue weighted by Crippen LogP contribution is 2.42. The normalized spacial score (nSPS) is 11.9. The zero-order chi connectivity index (χ0) is 18.4. The molecular weight excluding hydrogens is 354 g/mol. The number of benzene rings is 3. The molecule has 0 unspecified atom stereocenters. The number of phenolic OH excluding ortho intramolecular Hbond substituents is 1. The number of hydrogen-bond donors (Lipinski definition) is 1. The van der Waals surface area contributed by atoms with Crippen molar-refractivity contribution in [3.63, 3.8) is 0 Å². The molecule has 0 spiro atoms. The minimum Gasteiger partial charge on any atom is -0.508 e. The van der Waals surface area contributed by atoms with Gasteiger partial charge in [-0.1, -0.05) is 60.1 Å². The lowest BCUT2D eigenvalue weighted by Crippen LogP contribution is -1.94. The molecule has 1 heterocycles. The predicted molar refractivity (Wildman–Crippen MR) is 110 cm³/mol. The van der Waals surface area contributed by atoms with Crippen molar-refractivity contribution >= 4 is 11.6 Å². The Bertz CT molecular complexity index is 1180. The first-order valence-corrected chi connectivity index (χ1v) is 9.24. The van der Waals surface area contributed by atoms with Gasteiger partial charge in [0.1, 0.15) is 5.75 Å². The van der Waals surface area contributed by atoms with Gasteiger partial charge in [-0.15, -0.1) is 0 Å². The molecule has 5 rings (SSSR count). The molecule has 1 aliphatic carbocycles. The highest BCUT2D eigenvalue weighted by atomic mass is 35.5. The minimum atomic E-state index is 0.236. The van der Waals surface area contributed by atoms with Crippen LogP contribution in [0.2, 0.25) is 5.02 Å². The average molecular weight is 370 g/mol. The number of phenols is 1. The van der Waals surface area contributed by atoms with E-state index in [1.54, 1.807) is 12.1 Å². The van der Waals surface area contributed by atoms with E-state index >= 15 is 0 Å². The van der Waals surface area contributed by atoms with Gasteiger partial charge < -0.3 is 5.11 Å². The van der Waals surface area contributed by atoms with Gasteiger partial charge in [0.2, 0.25) is 0 Å². The van der Waals surface area contributed by atoms with Crippen LogP contribution < -0.4 is 0 Å². The van der Waals surface area contributed by atoms with Crippen LogP contribution in [0.5, 0.6) is 5.75 Å². The molecular formula is C24H16ClNO. The molecule has 0 fully saturated rings. The first-order valence-electron chi connectivity index (χ1n) is 8.86. The van der Waals surface area contributed by atoms with Gasteiger partial charge in [0.05, 0.1) is 11.4 Å². The molecule has 3 aromatic carbocycles. The summed E-state index contributed by atoms with van der Waals surface area (Å²) in [5, 5.41) is 10.6.